The van der Waals surface area contributed by atoms with Gasteiger partial charge in [0.05, 0.1) is 12.1 Å². The number of nitrogens with zero attached hydrogens (tertiary/aromatic N) is 3. The lowest BCUT2D eigenvalue weighted by Crippen LogP contribution is -2.24. The van der Waals surface area contributed by atoms with Crippen LogP contribution >= 0.6 is 0 Å². The molecule has 0 saturated heterocycles. The standard InChI is InChI=1S/C19H22N4O/c1-5-11-20-19(24)16-9-10-18(21-13-16)23(4)14-15-7-6-8-17(12-15)22(2)3/h1,6-10,12-13H,11,14H2,2-4H3,(H,20,24). The first-order valence-corrected chi connectivity index (χ1v) is 7.66. The van der Waals surface area contributed by atoms with Gasteiger partial charge in [-0.1, -0.05) is 18.1 Å². The number of aromatic nitrogens is 1. The quantitative estimate of drug-likeness (QED) is 0.828. The van der Waals surface area contributed by atoms with Crippen LogP contribution in [0.25, 0.3) is 0 Å². The van der Waals surface area contributed by atoms with Crippen LogP contribution in [-0.4, -0.2) is 38.6 Å². The maximum absolute atomic E-state index is 11.8. The van der Waals surface area contributed by atoms with Gasteiger partial charge in [0.1, 0.15) is 5.82 Å². The van der Waals surface area contributed by atoms with E-state index in [1.807, 2.05) is 38.2 Å². The molecule has 1 heterocycles. The number of hydrogen-bond donors (Lipinski definition) is 1. The number of hydrogen-bond acceptors (Lipinski definition) is 4. The molecule has 24 heavy (non-hydrogen) atoms. The SMILES string of the molecule is C#CCNC(=O)c1ccc(N(C)Cc2cccc(N(C)C)c2)nc1. The Morgan fingerprint density at radius 1 is 1.25 bits per heavy atom. The summed E-state index contributed by atoms with van der Waals surface area (Å²) < 4.78 is 0. The highest BCUT2D eigenvalue weighted by atomic mass is 16.1. The fourth-order valence-corrected chi connectivity index (χ4v) is 2.27. The Kier molecular flexibility index (Phi) is 5.80. The third-order valence-corrected chi connectivity index (χ3v) is 3.60. The molecule has 5 heteroatoms. The minimum absolute atomic E-state index is 0.211. The van der Waals surface area contributed by atoms with Crippen molar-refractivity contribution in [3.8, 4) is 12.3 Å². The number of benzene rings is 1. The molecule has 124 valence electrons. The summed E-state index contributed by atoms with van der Waals surface area (Å²) in [6.45, 7) is 0.944. The van der Waals surface area contributed by atoms with Crippen molar-refractivity contribution >= 4 is 17.4 Å². The van der Waals surface area contributed by atoms with Gasteiger partial charge in [0.15, 0.2) is 0 Å². The van der Waals surface area contributed by atoms with E-state index in [2.05, 4.69) is 39.3 Å². The van der Waals surface area contributed by atoms with Gasteiger partial charge in [0, 0.05) is 39.6 Å². The highest BCUT2D eigenvalue weighted by molar-refractivity contribution is 5.94. The lowest BCUT2D eigenvalue weighted by Gasteiger charge is -2.20. The predicted molar refractivity (Wildman–Crippen MR) is 98.3 cm³/mol. The zero-order valence-corrected chi connectivity index (χ0v) is 14.3. The fraction of sp³-hybridized carbons (Fsp3) is 0.263. The Morgan fingerprint density at radius 2 is 2.04 bits per heavy atom. The molecule has 1 aromatic carbocycles. The van der Waals surface area contributed by atoms with E-state index in [0.29, 0.717) is 5.56 Å². The number of carbonyl (C=O) groups excluding carboxylic acids is 1. The van der Waals surface area contributed by atoms with E-state index in [-0.39, 0.29) is 12.5 Å². The van der Waals surface area contributed by atoms with Crippen LogP contribution in [0.1, 0.15) is 15.9 Å². The topological polar surface area (TPSA) is 48.5 Å². The summed E-state index contributed by atoms with van der Waals surface area (Å²) in [4.78, 5) is 20.3. The van der Waals surface area contributed by atoms with Gasteiger partial charge in [-0.2, -0.15) is 0 Å². The Labute approximate surface area is 143 Å². The third-order valence-electron chi connectivity index (χ3n) is 3.60. The molecule has 2 aromatic rings. The van der Waals surface area contributed by atoms with Crippen molar-refractivity contribution in [2.45, 2.75) is 6.54 Å². The molecule has 0 aliphatic heterocycles. The zero-order chi connectivity index (χ0) is 17.5. The number of nitrogens with one attached hydrogen (secondary N) is 1. The van der Waals surface area contributed by atoms with Gasteiger partial charge in [0.25, 0.3) is 5.91 Å². The van der Waals surface area contributed by atoms with Crippen molar-refractivity contribution in [3.05, 3.63) is 53.7 Å². The fourth-order valence-electron chi connectivity index (χ4n) is 2.27. The minimum Gasteiger partial charge on any atom is -0.378 e. The van der Waals surface area contributed by atoms with Gasteiger partial charge in [-0.3, -0.25) is 4.79 Å². The van der Waals surface area contributed by atoms with Crippen molar-refractivity contribution in [2.75, 3.05) is 37.5 Å². The van der Waals surface area contributed by atoms with Crippen LogP contribution in [0.15, 0.2) is 42.6 Å². The van der Waals surface area contributed by atoms with Crippen LogP contribution in [0.4, 0.5) is 11.5 Å². The van der Waals surface area contributed by atoms with E-state index in [0.717, 1.165) is 18.1 Å². The smallest absolute Gasteiger partial charge is 0.253 e. The van der Waals surface area contributed by atoms with Crippen LogP contribution in [0.3, 0.4) is 0 Å². The Bertz CT molecular complexity index is 732. The number of rotatable bonds is 6. The highest BCUT2D eigenvalue weighted by Crippen LogP contribution is 2.17. The second kappa shape index (κ2) is 8.02. The van der Waals surface area contributed by atoms with E-state index in [1.165, 1.54) is 5.56 Å². The Morgan fingerprint density at radius 3 is 2.67 bits per heavy atom. The number of amides is 1. The summed E-state index contributed by atoms with van der Waals surface area (Å²) >= 11 is 0. The molecular weight excluding hydrogens is 300 g/mol. The molecule has 0 spiro atoms. The monoisotopic (exact) mass is 322 g/mol. The summed E-state index contributed by atoms with van der Waals surface area (Å²) in [6, 6.07) is 11.9. The Balaban J connectivity index is 2.05. The van der Waals surface area contributed by atoms with Gasteiger partial charge < -0.3 is 15.1 Å². The molecule has 0 aliphatic carbocycles. The molecule has 0 unspecified atom stereocenters. The molecule has 1 aromatic heterocycles. The summed E-state index contributed by atoms with van der Waals surface area (Å²) in [7, 11) is 6.02. The first-order valence-electron chi connectivity index (χ1n) is 7.66. The Hall–Kier alpha value is -3.00. The van der Waals surface area contributed by atoms with Crippen molar-refractivity contribution < 1.29 is 4.79 Å². The highest BCUT2D eigenvalue weighted by Gasteiger charge is 2.08. The van der Waals surface area contributed by atoms with Crippen LogP contribution in [0.2, 0.25) is 0 Å². The molecule has 0 bridgehead atoms. The minimum atomic E-state index is -0.215. The average molecular weight is 322 g/mol. The third kappa shape index (κ3) is 4.50. The van der Waals surface area contributed by atoms with Gasteiger partial charge in [-0.05, 0) is 29.8 Å². The number of carbonyl (C=O) groups is 1. The lowest BCUT2D eigenvalue weighted by molar-refractivity contribution is 0.0958. The van der Waals surface area contributed by atoms with E-state index >= 15 is 0 Å². The largest absolute Gasteiger partial charge is 0.378 e. The molecule has 2 rings (SSSR count). The second-order valence-corrected chi connectivity index (χ2v) is 5.71. The van der Waals surface area contributed by atoms with Gasteiger partial charge in [0.2, 0.25) is 0 Å². The van der Waals surface area contributed by atoms with Gasteiger partial charge in [-0.25, -0.2) is 4.98 Å². The van der Waals surface area contributed by atoms with Gasteiger partial charge >= 0.3 is 0 Å². The molecule has 1 amide bonds. The van der Waals surface area contributed by atoms with Crippen LogP contribution < -0.4 is 15.1 Å². The summed E-state index contributed by atoms with van der Waals surface area (Å²) in [5.41, 5.74) is 2.85. The molecule has 1 N–H and O–H groups in total. The van der Waals surface area contributed by atoms with Crippen molar-refractivity contribution in [1.29, 1.82) is 0 Å². The molecule has 0 saturated carbocycles. The van der Waals surface area contributed by atoms with E-state index in [1.54, 1.807) is 12.3 Å². The second-order valence-electron chi connectivity index (χ2n) is 5.71. The van der Waals surface area contributed by atoms with Crippen LogP contribution in [0, 0.1) is 12.3 Å². The first kappa shape index (κ1) is 17.4. The lowest BCUT2D eigenvalue weighted by atomic mass is 10.2. The maximum atomic E-state index is 11.8. The first-order chi connectivity index (χ1) is 11.5. The zero-order valence-electron chi connectivity index (χ0n) is 14.3. The molecule has 5 nitrogen and oxygen atoms in total. The number of terminal acetylenes is 1. The van der Waals surface area contributed by atoms with Crippen molar-refractivity contribution in [2.24, 2.45) is 0 Å². The van der Waals surface area contributed by atoms with Crippen LogP contribution in [-0.2, 0) is 6.54 Å². The van der Waals surface area contributed by atoms with E-state index in [4.69, 9.17) is 6.42 Å². The molecule has 0 radical (unpaired) electrons. The average Bonchev–Trinajstić information content (AvgIpc) is 2.60. The van der Waals surface area contributed by atoms with Crippen LogP contribution in [0.5, 0.6) is 0 Å². The molecule has 0 atom stereocenters. The molecular formula is C19H22N4O. The summed E-state index contributed by atoms with van der Waals surface area (Å²) in [6.07, 6.45) is 6.69. The summed E-state index contributed by atoms with van der Waals surface area (Å²) in [5.74, 6) is 2.96. The van der Waals surface area contributed by atoms with Crippen molar-refractivity contribution in [1.82, 2.24) is 10.3 Å². The molecule has 0 aliphatic rings. The number of anilines is 2. The van der Waals surface area contributed by atoms with E-state index < -0.39 is 0 Å². The predicted octanol–water partition coefficient (Wildman–Crippen LogP) is 2.15. The summed E-state index contributed by atoms with van der Waals surface area (Å²) in [5, 5.41) is 2.62. The maximum Gasteiger partial charge on any atom is 0.253 e. The number of pyridine rings is 1. The van der Waals surface area contributed by atoms with Gasteiger partial charge in [-0.15, -0.1) is 6.42 Å². The molecule has 0 fully saturated rings. The van der Waals surface area contributed by atoms with E-state index in [9.17, 15) is 4.79 Å². The van der Waals surface area contributed by atoms with Crippen molar-refractivity contribution in [3.63, 3.8) is 0 Å². The normalized spacial score (nSPS) is 9.92.